The number of para-hydroxylation sites is 1. The Morgan fingerprint density at radius 3 is 2.73 bits per heavy atom. The zero-order valence-corrected chi connectivity index (χ0v) is 16.3. The number of hydrogen-bond acceptors (Lipinski definition) is 5. The maximum Gasteiger partial charge on any atom is 0.257 e. The maximum atomic E-state index is 12.9. The van der Waals surface area contributed by atoms with Crippen molar-refractivity contribution in [2.24, 2.45) is 11.1 Å². The summed E-state index contributed by atoms with van der Waals surface area (Å²) in [4.78, 5) is 14.8. The summed E-state index contributed by atoms with van der Waals surface area (Å²) in [6.07, 6.45) is 0.928. The molecule has 2 N–H and O–H groups in total. The van der Waals surface area contributed by atoms with Crippen molar-refractivity contribution < 1.29 is 14.1 Å². The molecule has 1 aromatic carbocycles. The van der Waals surface area contributed by atoms with Crippen LogP contribution in [0.25, 0.3) is 0 Å². The van der Waals surface area contributed by atoms with Crippen LogP contribution in [-0.2, 0) is 6.61 Å². The molecule has 142 valence electrons. The molecule has 0 radical (unpaired) electrons. The van der Waals surface area contributed by atoms with Crippen LogP contribution >= 0.6 is 12.4 Å². The van der Waals surface area contributed by atoms with Crippen molar-refractivity contribution >= 4 is 18.3 Å². The van der Waals surface area contributed by atoms with Gasteiger partial charge in [-0.2, -0.15) is 0 Å². The standard InChI is InChI=1S/C19H25N3O3.ClH/c1-13-16(14(2)25-21-13)10-24-17-7-5-4-6-15(17)18(23)22-9-8-19(3,11-20)12-22;/h4-7H,8-12,20H2,1-3H3;1H. The fraction of sp³-hybridized carbons (Fsp3) is 0.474. The molecule has 1 aliphatic rings. The lowest BCUT2D eigenvalue weighted by molar-refractivity contribution is 0.0772. The predicted octanol–water partition coefficient (Wildman–Crippen LogP) is 3.10. The van der Waals surface area contributed by atoms with Crippen LogP contribution in [-0.4, -0.2) is 35.6 Å². The van der Waals surface area contributed by atoms with E-state index in [1.807, 2.05) is 43.0 Å². The van der Waals surface area contributed by atoms with Gasteiger partial charge in [-0.3, -0.25) is 4.79 Å². The van der Waals surface area contributed by atoms with Gasteiger partial charge in [0.25, 0.3) is 5.91 Å². The summed E-state index contributed by atoms with van der Waals surface area (Å²) in [7, 11) is 0. The van der Waals surface area contributed by atoms with E-state index in [0.717, 1.165) is 30.0 Å². The van der Waals surface area contributed by atoms with Crippen LogP contribution in [0, 0.1) is 19.3 Å². The maximum absolute atomic E-state index is 12.9. The van der Waals surface area contributed by atoms with Crippen LogP contribution in [0.4, 0.5) is 0 Å². The highest BCUT2D eigenvalue weighted by Gasteiger charge is 2.35. The Kier molecular flexibility index (Phi) is 6.31. The molecule has 1 atom stereocenters. The molecule has 7 heteroatoms. The van der Waals surface area contributed by atoms with Gasteiger partial charge in [0.05, 0.1) is 16.8 Å². The zero-order chi connectivity index (χ0) is 18.0. The number of carbonyl (C=O) groups is 1. The Morgan fingerprint density at radius 1 is 1.38 bits per heavy atom. The summed E-state index contributed by atoms with van der Waals surface area (Å²) >= 11 is 0. The second-order valence-electron chi connectivity index (χ2n) is 7.08. The summed E-state index contributed by atoms with van der Waals surface area (Å²) in [6, 6.07) is 7.36. The van der Waals surface area contributed by atoms with Crippen molar-refractivity contribution in [1.82, 2.24) is 10.1 Å². The molecular formula is C19H26ClN3O3. The molecule has 2 heterocycles. The molecule has 2 aromatic rings. The normalized spacial score (nSPS) is 19.3. The first-order chi connectivity index (χ1) is 11.9. The molecule has 0 saturated carbocycles. The van der Waals surface area contributed by atoms with Gasteiger partial charge in [-0.05, 0) is 44.4 Å². The van der Waals surface area contributed by atoms with E-state index in [1.54, 1.807) is 0 Å². The minimum absolute atomic E-state index is 0. The third kappa shape index (κ3) is 4.02. The van der Waals surface area contributed by atoms with Crippen molar-refractivity contribution in [3.8, 4) is 5.75 Å². The second-order valence-corrected chi connectivity index (χ2v) is 7.08. The lowest BCUT2D eigenvalue weighted by Gasteiger charge is -2.23. The molecule has 1 aliphatic heterocycles. The van der Waals surface area contributed by atoms with Gasteiger partial charge in [-0.25, -0.2) is 0 Å². The van der Waals surface area contributed by atoms with Crippen LogP contribution in [0.1, 0.15) is 40.7 Å². The highest BCUT2D eigenvalue weighted by molar-refractivity contribution is 5.97. The molecule has 6 nitrogen and oxygen atoms in total. The lowest BCUT2D eigenvalue weighted by atomic mass is 9.90. The fourth-order valence-corrected chi connectivity index (χ4v) is 3.16. The van der Waals surface area contributed by atoms with E-state index in [4.69, 9.17) is 15.0 Å². The molecule has 0 aliphatic carbocycles. The summed E-state index contributed by atoms with van der Waals surface area (Å²) in [6.45, 7) is 8.18. The topological polar surface area (TPSA) is 81.6 Å². The van der Waals surface area contributed by atoms with Crippen LogP contribution in [0.2, 0.25) is 0 Å². The first-order valence-electron chi connectivity index (χ1n) is 8.56. The van der Waals surface area contributed by atoms with Crippen molar-refractivity contribution in [3.63, 3.8) is 0 Å². The quantitative estimate of drug-likeness (QED) is 0.863. The molecule has 3 rings (SSSR count). The molecule has 0 bridgehead atoms. The predicted molar refractivity (Wildman–Crippen MR) is 102 cm³/mol. The van der Waals surface area contributed by atoms with E-state index in [2.05, 4.69) is 12.1 Å². The molecule has 1 aromatic heterocycles. The number of hydrogen-bond donors (Lipinski definition) is 1. The molecule has 26 heavy (non-hydrogen) atoms. The largest absolute Gasteiger partial charge is 0.488 e. The molecule has 1 amide bonds. The van der Waals surface area contributed by atoms with Crippen molar-refractivity contribution in [1.29, 1.82) is 0 Å². The highest BCUT2D eigenvalue weighted by Crippen LogP contribution is 2.31. The van der Waals surface area contributed by atoms with Gasteiger partial charge < -0.3 is 19.9 Å². The van der Waals surface area contributed by atoms with Crippen LogP contribution in [0.5, 0.6) is 5.75 Å². The van der Waals surface area contributed by atoms with Gasteiger partial charge in [0.15, 0.2) is 0 Å². The van der Waals surface area contributed by atoms with Crippen LogP contribution in [0.3, 0.4) is 0 Å². The highest BCUT2D eigenvalue weighted by atomic mass is 35.5. The Labute approximate surface area is 160 Å². The van der Waals surface area contributed by atoms with Gasteiger partial charge in [-0.15, -0.1) is 12.4 Å². The summed E-state index contributed by atoms with van der Waals surface area (Å²) in [5, 5.41) is 3.93. The van der Waals surface area contributed by atoms with E-state index in [1.165, 1.54) is 0 Å². The van der Waals surface area contributed by atoms with Gasteiger partial charge in [0.2, 0.25) is 0 Å². The minimum atomic E-state index is -0.00784. The smallest absolute Gasteiger partial charge is 0.257 e. The van der Waals surface area contributed by atoms with Crippen molar-refractivity contribution in [3.05, 3.63) is 46.8 Å². The Morgan fingerprint density at radius 2 is 2.12 bits per heavy atom. The molecule has 0 spiro atoms. The number of benzene rings is 1. The van der Waals surface area contributed by atoms with E-state index < -0.39 is 0 Å². The van der Waals surface area contributed by atoms with Gasteiger partial charge in [0.1, 0.15) is 18.1 Å². The first kappa shape index (κ1) is 20.3. The molecule has 1 saturated heterocycles. The number of carbonyl (C=O) groups excluding carboxylic acids is 1. The summed E-state index contributed by atoms with van der Waals surface area (Å²) < 4.78 is 11.1. The van der Waals surface area contributed by atoms with E-state index in [0.29, 0.717) is 31.0 Å². The fourth-order valence-electron chi connectivity index (χ4n) is 3.16. The Hall–Kier alpha value is -2.05. The number of halogens is 1. The van der Waals surface area contributed by atoms with Gasteiger partial charge >= 0.3 is 0 Å². The number of aromatic nitrogens is 1. The average molecular weight is 380 g/mol. The second kappa shape index (κ2) is 8.10. The molecule has 1 fully saturated rings. The number of nitrogens with two attached hydrogens (primary N) is 1. The average Bonchev–Trinajstić information content (AvgIpc) is 3.16. The third-order valence-electron chi connectivity index (χ3n) is 5.01. The number of nitrogens with zero attached hydrogens (tertiary/aromatic N) is 2. The van der Waals surface area contributed by atoms with E-state index >= 15 is 0 Å². The SMILES string of the molecule is Cc1noc(C)c1COc1ccccc1C(=O)N1CCC(C)(CN)C1.Cl. The van der Waals surface area contributed by atoms with Crippen LogP contribution in [0.15, 0.2) is 28.8 Å². The number of ether oxygens (including phenoxy) is 1. The van der Waals surface area contributed by atoms with E-state index in [-0.39, 0.29) is 23.7 Å². The van der Waals surface area contributed by atoms with Gasteiger partial charge in [0, 0.05) is 13.1 Å². The Bertz CT molecular complexity index is 758. The zero-order valence-electron chi connectivity index (χ0n) is 15.4. The lowest BCUT2D eigenvalue weighted by Crippen LogP contribution is -2.34. The number of rotatable bonds is 5. The van der Waals surface area contributed by atoms with E-state index in [9.17, 15) is 4.79 Å². The monoisotopic (exact) mass is 379 g/mol. The number of likely N-dealkylation sites (tertiary alicyclic amines) is 1. The molecular weight excluding hydrogens is 354 g/mol. The van der Waals surface area contributed by atoms with Gasteiger partial charge in [-0.1, -0.05) is 24.2 Å². The van der Waals surface area contributed by atoms with Crippen LogP contribution < -0.4 is 10.5 Å². The first-order valence-corrected chi connectivity index (χ1v) is 8.56. The number of amides is 1. The third-order valence-corrected chi connectivity index (χ3v) is 5.01. The number of aryl methyl sites for hydroxylation is 2. The van der Waals surface area contributed by atoms with Crippen molar-refractivity contribution in [2.75, 3.05) is 19.6 Å². The molecule has 1 unspecified atom stereocenters. The van der Waals surface area contributed by atoms with Crippen molar-refractivity contribution in [2.45, 2.75) is 33.8 Å². The summed E-state index contributed by atoms with van der Waals surface area (Å²) in [5.41, 5.74) is 8.15. The Balaban J connectivity index is 0.00000243. The summed E-state index contributed by atoms with van der Waals surface area (Å²) in [5.74, 6) is 1.31. The minimum Gasteiger partial charge on any atom is -0.488 e.